The third kappa shape index (κ3) is 9.87. The number of nitrogens with zero attached hydrogens (tertiary/aromatic N) is 8. The molecular weight excluding hydrogens is 863 g/mol. The molecule has 0 bridgehead atoms. The fraction of sp³-hybridized carbons (Fsp3) is 0.378. The van der Waals surface area contributed by atoms with Crippen molar-refractivity contribution in [2.45, 2.75) is 80.6 Å². The van der Waals surface area contributed by atoms with Gasteiger partial charge in [0.25, 0.3) is 10.0 Å². The fourth-order valence-electron chi connectivity index (χ4n) is 9.57. The third-order valence-corrected chi connectivity index (χ3v) is 14.2. The Morgan fingerprint density at radius 1 is 0.938 bits per heavy atom. The number of benzene rings is 3. The molecule has 0 spiro atoms. The van der Waals surface area contributed by atoms with Gasteiger partial charge in [0.2, 0.25) is 5.88 Å². The molecule has 17 nitrogen and oxygen atoms in total. The van der Waals surface area contributed by atoms with Crippen LogP contribution in [0.4, 0.5) is 20.3 Å². The number of ether oxygens (including phenoxy) is 2. The Morgan fingerprint density at radius 2 is 1.63 bits per heavy atom. The van der Waals surface area contributed by atoms with Gasteiger partial charge in [0.05, 0.1) is 32.2 Å². The van der Waals surface area contributed by atoms with Crippen molar-refractivity contribution >= 4 is 21.5 Å². The van der Waals surface area contributed by atoms with E-state index in [1.54, 1.807) is 0 Å². The van der Waals surface area contributed by atoms with E-state index in [4.69, 9.17) is 21.6 Å². The summed E-state index contributed by atoms with van der Waals surface area (Å²) >= 11 is 0. The van der Waals surface area contributed by atoms with Crippen molar-refractivity contribution in [1.82, 2.24) is 39.5 Å². The number of nitrogens with one attached hydrogen (secondary N) is 1. The first-order chi connectivity index (χ1) is 31.0. The van der Waals surface area contributed by atoms with Crippen molar-refractivity contribution in [3.05, 3.63) is 120 Å². The number of rotatable bonds is 10. The number of phenols is 1. The number of nitrogen functional groups attached to an aromatic ring is 1. The number of hydrogen-bond donors (Lipinski definition) is 5. The smallest absolute Gasteiger partial charge is 0.321 e. The van der Waals surface area contributed by atoms with Crippen LogP contribution in [0.1, 0.15) is 61.6 Å². The van der Waals surface area contributed by atoms with E-state index in [2.05, 4.69) is 53.8 Å². The highest BCUT2D eigenvalue weighted by atomic mass is 32.2. The van der Waals surface area contributed by atoms with E-state index in [1.807, 2.05) is 12.1 Å². The highest BCUT2D eigenvalue weighted by Crippen LogP contribution is 2.64. The summed E-state index contributed by atoms with van der Waals surface area (Å²) in [6.07, 6.45) is 17.2. The van der Waals surface area contributed by atoms with Crippen molar-refractivity contribution < 1.29 is 42.0 Å². The molecule has 9 rings (SSSR count). The number of aryl methyl sites for hydroxylation is 1. The molecule has 342 valence electrons. The molecule has 0 unspecified atom stereocenters. The maximum absolute atomic E-state index is 14.1. The third-order valence-electron chi connectivity index (χ3n) is 12.8. The number of aromatic hydroxyl groups is 1. The number of sulfonamides is 1. The Bertz CT molecular complexity index is 2680. The van der Waals surface area contributed by atoms with E-state index in [1.165, 1.54) is 96.4 Å². The Labute approximate surface area is 374 Å². The molecule has 5 atom stereocenters. The summed E-state index contributed by atoms with van der Waals surface area (Å²) in [7, 11) is -1.02. The van der Waals surface area contributed by atoms with E-state index < -0.39 is 32.9 Å². The van der Waals surface area contributed by atoms with Crippen LogP contribution in [0.3, 0.4) is 0 Å². The second-order valence-electron chi connectivity index (χ2n) is 16.6. The molecule has 3 aromatic carbocycles. The van der Waals surface area contributed by atoms with Gasteiger partial charge < -0.3 is 30.5 Å². The lowest BCUT2D eigenvalue weighted by Crippen LogP contribution is -2.50. The molecule has 2 saturated carbocycles. The van der Waals surface area contributed by atoms with Gasteiger partial charge in [0, 0.05) is 28.8 Å². The molecule has 65 heavy (non-hydrogen) atoms. The lowest BCUT2D eigenvalue weighted by atomic mass is 9.53. The second kappa shape index (κ2) is 18.8. The van der Waals surface area contributed by atoms with E-state index in [9.17, 15) is 32.5 Å². The minimum Gasteiger partial charge on any atom is -0.508 e. The largest absolute Gasteiger partial charge is 0.508 e. The number of halogens is 2. The van der Waals surface area contributed by atoms with Crippen LogP contribution in [0, 0.1) is 41.2 Å². The highest BCUT2D eigenvalue weighted by molar-refractivity contribution is 7.92. The summed E-state index contributed by atoms with van der Waals surface area (Å²) in [6, 6.07) is 16.0. The number of aromatic nitrogens is 8. The topological polar surface area (TPSA) is 239 Å². The Morgan fingerprint density at radius 3 is 2.23 bits per heavy atom. The molecule has 3 aliphatic rings. The monoisotopic (exact) mass is 912 g/mol. The van der Waals surface area contributed by atoms with Crippen LogP contribution < -0.4 is 19.9 Å². The molecule has 6 aromatic rings. The molecule has 0 amide bonds. The van der Waals surface area contributed by atoms with Gasteiger partial charge >= 0.3 is 6.01 Å². The fourth-order valence-corrected chi connectivity index (χ4v) is 10.6. The lowest BCUT2D eigenvalue weighted by Gasteiger charge is -2.52. The number of nitrogens with two attached hydrogens (primary N) is 1. The molecule has 6 N–H and O–H groups in total. The van der Waals surface area contributed by atoms with Crippen LogP contribution >= 0.6 is 0 Å². The molecule has 0 aliphatic heterocycles. The standard InChI is InChI=1S/C20H24O2.C13H12F2N6O.C12H14N4O4S/c1-3-20(22)11-9-18-17-6-4-13-12-14(21)5-7-15(13)16(17)8-10-19(18,20)2;14-10-1-2-11(12(15)3-10)13(22,4-20-8-16-6-18-20)5-21-9-17-7-19-21;1-19-11-7-10(14-12(15-11)20-2)16-21(17,18)9-5-3-8(13)4-6-9/h1,5,7,12,16-18,21-22H,4,6,8-11H2,2H3;1-3,6-9,22H,4-5H2;3-7H,13H2,1-2H3,(H,14,15,16)/t16-,17-,18+,19+,20+;;/m1../s1. The minimum absolute atomic E-state index is 0.00986. The zero-order valence-corrected chi connectivity index (χ0v) is 36.7. The van der Waals surface area contributed by atoms with E-state index >= 15 is 0 Å². The maximum atomic E-state index is 14.1. The number of fused-ring (bicyclic) bond motifs is 5. The molecule has 0 radical (unpaired) electrons. The van der Waals surface area contributed by atoms with Crippen molar-refractivity contribution in [2.24, 2.45) is 17.3 Å². The van der Waals surface area contributed by atoms with Crippen LogP contribution in [-0.2, 0) is 35.1 Å². The number of anilines is 2. The SMILES string of the molecule is C#C[C@]1(O)CC[C@H]2[C@@H]3CCc4cc(O)ccc4[C@H]3CC[C@@]21C.COc1cc(NS(=O)(=O)c2ccc(N)cc2)nc(OC)n1.OC(Cn1cncn1)(Cn1cncn1)c1ccc(F)cc1F. The zero-order chi connectivity index (χ0) is 46.6. The van der Waals surface area contributed by atoms with Gasteiger partial charge in [-0.25, -0.2) is 36.5 Å². The normalized spacial score (nSPS) is 22.0. The number of hydrogen-bond acceptors (Lipinski definition) is 14. The molecule has 2 fully saturated rings. The average Bonchev–Trinajstić information content (AvgIpc) is 4.05. The molecule has 3 heterocycles. The summed E-state index contributed by atoms with van der Waals surface area (Å²) < 4.78 is 66.5. The number of methoxy groups -OCH3 is 2. The quantitative estimate of drug-likeness (QED) is 0.0875. The van der Waals surface area contributed by atoms with Crippen LogP contribution in [0.5, 0.6) is 17.6 Å². The maximum Gasteiger partial charge on any atom is 0.321 e. The number of phenolic OH excluding ortho intramolecular Hbond substituents is 1. The van der Waals surface area contributed by atoms with Gasteiger partial charge in [0.1, 0.15) is 53.9 Å². The first-order valence-corrected chi connectivity index (χ1v) is 22.2. The summed E-state index contributed by atoms with van der Waals surface area (Å²) in [6.45, 7) is 2.07. The van der Waals surface area contributed by atoms with Crippen LogP contribution in [0.15, 0.2) is 96.9 Å². The van der Waals surface area contributed by atoms with E-state index in [0.717, 1.165) is 50.7 Å². The second-order valence-corrected chi connectivity index (χ2v) is 18.3. The first-order valence-electron chi connectivity index (χ1n) is 20.7. The Kier molecular flexibility index (Phi) is 13.4. The van der Waals surface area contributed by atoms with Crippen molar-refractivity contribution in [1.29, 1.82) is 0 Å². The van der Waals surface area contributed by atoms with Crippen LogP contribution in [0.25, 0.3) is 0 Å². The van der Waals surface area contributed by atoms with Gasteiger partial charge in [-0.2, -0.15) is 20.2 Å². The molecule has 0 saturated heterocycles. The van der Waals surface area contributed by atoms with Gasteiger partial charge in [-0.05, 0) is 110 Å². The first kappa shape index (κ1) is 46.3. The summed E-state index contributed by atoms with van der Waals surface area (Å²) in [4.78, 5) is 15.4. The Balaban J connectivity index is 0.000000146. The average molecular weight is 913 g/mol. The van der Waals surface area contributed by atoms with Crippen LogP contribution in [0.2, 0.25) is 0 Å². The molecule has 20 heteroatoms. The highest BCUT2D eigenvalue weighted by Gasteiger charge is 2.61. The van der Waals surface area contributed by atoms with Crippen LogP contribution in [-0.4, -0.2) is 83.1 Å². The van der Waals surface area contributed by atoms with Gasteiger partial charge in [-0.3, -0.25) is 4.72 Å². The van der Waals surface area contributed by atoms with Gasteiger partial charge in [-0.15, -0.1) is 6.42 Å². The van der Waals surface area contributed by atoms with Crippen molar-refractivity contribution in [3.8, 4) is 30.0 Å². The van der Waals surface area contributed by atoms with Crippen molar-refractivity contribution in [3.63, 3.8) is 0 Å². The number of aliphatic hydroxyl groups is 2. The molecule has 3 aromatic heterocycles. The lowest BCUT2D eigenvalue weighted by molar-refractivity contribution is -0.0646. The predicted octanol–water partition coefficient (Wildman–Crippen LogP) is 5.23. The van der Waals surface area contributed by atoms with Crippen molar-refractivity contribution in [2.75, 3.05) is 24.7 Å². The molecule has 3 aliphatic carbocycles. The summed E-state index contributed by atoms with van der Waals surface area (Å²) in [5, 5.41) is 39.4. The summed E-state index contributed by atoms with van der Waals surface area (Å²) in [5.41, 5.74) is 5.94. The van der Waals surface area contributed by atoms with Gasteiger partial charge in [0.15, 0.2) is 5.82 Å². The van der Waals surface area contributed by atoms with E-state index in [0.29, 0.717) is 29.2 Å². The Hall–Kier alpha value is -6.69. The zero-order valence-electron chi connectivity index (χ0n) is 35.9. The van der Waals surface area contributed by atoms with Gasteiger partial charge in [-0.1, -0.05) is 25.0 Å². The van der Waals surface area contributed by atoms with E-state index in [-0.39, 0.29) is 46.7 Å². The summed E-state index contributed by atoms with van der Waals surface area (Å²) in [5.74, 6) is 3.47. The molecular formula is C45H50F2N10O7S. The number of terminal acetylenes is 1. The predicted molar refractivity (Wildman–Crippen MR) is 234 cm³/mol. The minimum atomic E-state index is -3.79.